The molecule has 0 saturated carbocycles. The van der Waals surface area contributed by atoms with E-state index in [0.717, 1.165) is 16.2 Å². The minimum atomic E-state index is -3.52. The van der Waals surface area contributed by atoms with Gasteiger partial charge in [-0.05, 0) is 48.9 Å². The molecule has 0 spiro atoms. The number of amides is 1. The van der Waals surface area contributed by atoms with Gasteiger partial charge in [0.25, 0.3) is 10.0 Å². The van der Waals surface area contributed by atoms with Gasteiger partial charge in [-0.15, -0.1) is 0 Å². The van der Waals surface area contributed by atoms with E-state index in [0.29, 0.717) is 39.2 Å². The SMILES string of the molecule is CCS(=O)(=O)n1cc(-c2cnc3c(c2)ncn3-c2cc(NC(C)=O)cc(-c3ccc(F)cc3F)c2)cn1. The Labute approximate surface area is 210 Å². The van der Waals surface area contributed by atoms with Gasteiger partial charge in [0.2, 0.25) is 5.91 Å². The summed E-state index contributed by atoms with van der Waals surface area (Å²) < 4.78 is 54.8. The van der Waals surface area contributed by atoms with Gasteiger partial charge in [-0.25, -0.2) is 27.2 Å². The van der Waals surface area contributed by atoms with Gasteiger partial charge >= 0.3 is 0 Å². The van der Waals surface area contributed by atoms with Crippen LogP contribution in [0.4, 0.5) is 14.5 Å². The Morgan fingerprint density at radius 1 is 1.00 bits per heavy atom. The molecule has 0 unspecified atom stereocenters. The third-order valence-electron chi connectivity index (χ3n) is 5.69. The number of hydrogen-bond donors (Lipinski definition) is 1. The molecule has 0 atom stereocenters. The monoisotopic (exact) mass is 522 g/mol. The molecule has 9 nitrogen and oxygen atoms in total. The third-order valence-corrected chi connectivity index (χ3v) is 7.19. The minimum absolute atomic E-state index is 0.0861. The summed E-state index contributed by atoms with van der Waals surface area (Å²) in [6.45, 7) is 2.89. The van der Waals surface area contributed by atoms with Crippen molar-refractivity contribution in [2.75, 3.05) is 11.1 Å². The molecule has 5 rings (SSSR count). The molecule has 0 aliphatic carbocycles. The minimum Gasteiger partial charge on any atom is -0.326 e. The van der Waals surface area contributed by atoms with Crippen LogP contribution in [0, 0.1) is 11.6 Å². The molecule has 5 aromatic rings. The molecule has 0 aliphatic rings. The van der Waals surface area contributed by atoms with E-state index in [9.17, 15) is 22.0 Å². The van der Waals surface area contributed by atoms with E-state index in [1.807, 2.05) is 0 Å². The second kappa shape index (κ2) is 9.21. The zero-order valence-corrected chi connectivity index (χ0v) is 20.5. The highest BCUT2D eigenvalue weighted by Gasteiger charge is 2.16. The van der Waals surface area contributed by atoms with Crippen molar-refractivity contribution < 1.29 is 22.0 Å². The van der Waals surface area contributed by atoms with Crippen LogP contribution in [0.1, 0.15) is 13.8 Å². The van der Waals surface area contributed by atoms with Crippen LogP contribution in [0.25, 0.3) is 39.1 Å². The van der Waals surface area contributed by atoms with E-state index in [1.54, 1.807) is 35.0 Å². The molecule has 0 fully saturated rings. The lowest BCUT2D eigenvalue weighted by atomic mass is 10.0. The van der Waals surface area contributed by atoms with Crippen LogP contribution < -0.4 is 5.32 Å². The number of hydrogen-bond acceptors (Lipinski definition) is 6. The van der Waals surface area contributed by atoms with E-state index in [4.69, 9.17) is 0 Å². The van der Waals surface area contributed by atoms with Gasteiger partial charge in [-0.2, -0.15) is 9.19 Å². The third kappa shape index (κ3) is 4.70. The standard InChI is InChI=1S/C25H20F2N6O3S/c1-3-37(35,36)33-13-18(12-30-33)17-8-24-25(28-11-17)32(14-29-24)21-7-16(6-20(10-21)31-15(2)34)22-5-4-19(26)9-23(22)27/h4-14H,3H2,1-2H3,(H,31,34). The predicted molar refractivity (Wildman–Crippen MR) is 135 cm³/mol. The van der Waals surface area contributed by atoms with E-state index >= 15 is 0 Å². The Balaban J connectivity index is 1.59. The number of fused-ring (bicyclic) bond motifs is 1. The molecular weight excluding hydrogens is 502 g/mol. The number of rotatable bonds is 6. The summed E-state index contributed by atoms with van der Waals surface area (Å²) in [7, 11) is -3.52. The second-order valence-electron chi connectivity index (χ2n) is 8.26. The number of carbonyl (C=O) groups excluding carboxylic acids is 1. The van der Waals surface area contributed by atoms with Crippen molar-refractivity contribution >= 4 is 32.8 Å². The van der Waals surface area contributed by atoms with E-state index in [2.05, 4.69) is 20.4 Å². The van der Waals surface area contributed by atoms with Crippen molar-refractivity contribution in [3.63, 3.8) is 0 Å². The van der Waals surface area contributed by atoms with Crippen molar-refractivity contribution in [3.8, 4) is 27.9 Å². The molecular formula is C25H20F2N6O3S. The average Bonchev–Trinajstić information content (AvgIpc) is 3.51. The Kier molecular flexibility index (Phi) is 6.04. The van der Waals surface area contributed by atoms with Crippen LogP contribution in [-0.2, 0) is 14.8 Å². The second-order valence-corrected chi connectivity index (χ2v) is 10.4. The van der Waals surface area contributed by atoms with Crippen LogP contribution in [0.3, 0.4) is 0 Å². The van der Waals surface area contributed by atoms with Crippen LogP contribution in [-0.4, -0.2) is 43.8 Å². The fourth-order valence-electron chi connectivity index (χ4n) is 3.89. The number of aromatic nitrogens is 5. The lowest BCUT2D eigenvalue weighted by Crippen LogP contribution is -2.14. The summed E-state index contributed by atoms with van der Waals surface area (Å²) >= 11 is 0. The van der Waals surface area contributed by atoms with Gasteiger partial charge in [0.05, 0.1) is 23.8 Å². The Morgan fingerprint density at radius 3 is 2.54 bits per heavy atom. The van der Waals surface area contributed by atoms with Crippen molar-refractivity contribution in [2.45, 2.75) is 13.8 Å². The lowest BCUT2D eigenvalue weighted by molar-refractivity contribution is -0.114. The molecule has 3 heterocycles. The quantitative estimate of drug-likeness (QED) is 0.354. The number of carbonyl (C=O) groups is 1. The maximum atomic E-state index is 14.6. The van der Waals surface area contributed by atoms with Crippen LogP contribution in [0.15, 0.2) is 67.4 Å². The first-order valence-electron chi connectivity index (χ1n) is 11.1. The maximum absolute atomic E-state index is 14.6. The maximum Gasteiger partial charge on any atom is 0.253 e. The number of halogens is 2. The van der Waals surface area contributed by atoms with Crippen LogP contribution >= 0.6 is 0 Å². The highest BCUT2D eigenvalue weighted by molar-refractivity contribution is 7.89. The van der Waals surface area contributed by atoms with E-state index in [-0.39, 0.29) is 17.2 Å². The zero-order valence-electron chi connectivity index (χ0n) is 19.7. The summed E-state index contributed by atoms with van der Waals surface area (Å²) in [6, 6.07) is 9.98. The van der Waals surface area contributed by atoms with E-state index < -0.39 is 21.7 Å². The molecule has 0 radical (unpaired) electrons. The molecule has 37 heavy (non-hydrogen) atoms. The molecule has 12 heteroatoms. The average molecular weight is 523 g/mol. The first-order valence-corrected chi connectivity index (χ1v) is 12.8. The number of pyridine rings is 1. The summed E-state index contributed by atoms with van der Waals surface area (Å²) in [4.78, 5) is 20.7. The number of benzene rings is 2. The Morgan fingerprint density at radius 2 is 1.81 bits per heavy atom. The predicted octanol–water partition coefficient (Wildman–Crippen LogP) is 4.39. The summed E-state index contributed by atoms with van der Waals surface area (Å²) in [5.74, 6) is -1.84. The summed E-state index contributed by atoms with van der Waals surface area (Å²) in [5, 5.41) is 6.64. The first-order chi connectivity index (χ1) is 17.6. The Bertz CT molecular complexity index is 1780. The molecule has 0 bridgehead atoms. The number of nitrogens with zero attached hydrogens (tertiary/aromatic N) is 5. The zero-order chi connectivity index (χ0) is 26.3. The normalized spacial score (nSPS) is 11.7. The molecule has 0 saturated heterocycles. The summed E-state index contributed by atoms with van der Waals surface area (Å²) in [6.07, 6.45) is 5.95. The molecule has 1 N–H and O–H groups in total. The van der Waals surface area contributed by atoms with Gasteiger partial charge in [-0.1, -0.05) is 0 Å². The molecule has 2 aromatic carbocycles. The highest BCUT2D eigenvalue weighted by Crippen LogP contribution is 2.31. The fourth-order valence-corrected chi connectivity index (χ4v) is 4.62. The van der Waals surface area contributed by atoms with Crippen molar-refractivity contribution in [1.82, 2.24) is 23.7 Å². The molecule has 1 amide bonds. The number of imidazole rings is 1. The van der Waals surface area contributed by atoms with Gasteiger partial charge in [-0.3, -0.25) is 9.36 Å². The number of nitrogens with one attached hydrogen (secondary N) is 1. The van der Waals surface area contributed by atoms with Crippen molar-refractivity contribution in [3.05, 3.63) is 79.0 Å². The topological polar surface area (TPSA) is 112 Å². The fraction of sp³-hybridized carbons (Fsp3) is 0.120. The molecule has 3 aromatic heterocycles. The Hall–Kier alpha value is -4.45. The van der Waals surface area contributed by atoms with Gasteiger partial charge < -0.3 is 5.32 Å². The first kappa shape index (κ1) is 24.3. The van der Waals surface area contributed by atoms with E-state index in [1.165, 1.54) is 38.6 Å². The van der Waals surface area contributed by atoms with Crippen LogP contribution in [0.5, 0.6) is 0 Å². The largest absolute Gasteiger partial charge is 0.326 e. The molecule has 188 valence electrons. The van der Waals surface area contributed by atoms with Crippen molar-refractivity contribution in [1.29, 1.82) is 0 Å². The van der Waals surface area contributed by atoms with Crippen molar-refractivity contribution in [2.24, 2.45) is 0 Å². The molecule has 0 aliphatic heterocycles. The summed E-state index contributed by atoms with van der Waals surface area (Å²) in [5.41, 5.74) is 3.70. The van der Waals surface area contributed by atoms with Gasteiger partial charge in [0.1, 0.15) is 23.5 Å². The van der Waals surface area contributed by atoms with Gasteiger partial charge in [0, 0.05) is 41.6 Å². The smallest absolute Gasteiger partial charge is 0.253 e. The van der Waals surface area contributed by atoms with Crippen LogP contribution in [0.2, 0.25) is 0 Å². The number of anilines is 1. The van der Waals surface area contributed by atoms with Gasteiger partial charge in [0.15, 0.2) is 5.65 Å². The lowest BCUT2D eigenvalue weighted by Gasteiger charge is -2.12. The highest BCUT2D eigenvalue weighted by atomic mass is 32.2.